The lowest BCUT2D eigenvalue weighted by Gasteiger charge is -2.18. The summed E-state index contributed by atoms with van der Waals surface area (Å²) < 4.78 is 44.5. The molecule has 0 radical (unpaired) electrons. The van der Waals surface area contributed by atoms with Gasteiger partial charge < -0.3 is 9.57 Å². The maximum absolute atomic E-state index is 13.0. The Morgan fingerprint density at radius 1 is 1.30 bits per heavy atom. The van der Waals surface area contributed by atoms with Gasteiger partial charge in [-0.3, -0.25) is 4.79 Å². The second-order valence-corrected chi connectivity index (χ2v) is 6.10. The number of ether oxygens (including phenoxy) is 1. The SMILES string of the molecule is CO/N=C(/C=O)C1C=CC=CC=C1COc1cc(C)c(C(F)(F)F)cc1Cl. The summed E-state index contributed by atoms with van der Waals surface area (Å²) in [5.41, 5.74) is -0.00567. The molecule has 0 saturated heterocycles. The number of allylic oxidation sites excluding steroid dienone is 5. The molecule has 2 rings (SSSR count). The van der Waals surface area contributed by atoms with Crippen LogP contribution < -0.4 is 4.74 Å². The van der Waals surface area contributed by atoms with Crippen molar-refractivity contribution in [3.05, 3.63) is 64.2 Å². The van der Waals surface area contributed by atoms with E-state index in [1.54, 1.807) is 30.4 Å². The van der Waals surface area contributed by atoms with Crippen LogP contribution in [0.5, 0.6) is 5.75 Å². The molecule has 1 aliphatic rings. The van der Waals surface area contributed by atoms with Crippen molar-refractivity contribution in [1.82, 2.24) is 0 Å². The lowest BCUT2D eigenvalue weighted by Crippen LogP contribution is -2.20. The van der Waals surface area contributed by atoms with E-state index < -0.39 is 17.7 Å². The summed E-state index contributed by atoms with van der Waals surface area (Å²) >= 11 is 5.96. The molecule has 4 nitrogen and oxygen atoms in total. The van der Waals surface area contributed by atoms with Crippen molar-refractivity contribution in [2.24, 2.45) is 11.1 Å². The first kappa shape index (κ1) is 20.8. The van der Waals surface area contributed by atoms with Gasteiger partial charge in [-0.25, -0.2) is 0 Å². The molecule has 0 N–H and O–H groups in total. The number of halogens is 4. The fourth-order valence-corrected chi connectivity index (χ4v) is 2.78. The quantitative estimate of drug-likeness (QED) is 0.387. The van der Waals surface area contributed by atoms with Crippen LogP contribution in [0.25, 0.3) is 0 Å². The van der Waals surface area contributed by atoms with Crippen LogP contribution in [-0.4, -0.2) is 25.7 Å². The monoisotopic (exact) mass is 399 g/mol. The molecule has 1 aliphatic carbocycles. The van der Waals surface area contributed by atoms with Crippen molar-refractivity contribution >= 4 is 23.6 Å². The Hall–Kier alpha value is -2.54. The molecule has 144 valence electrons. The number of carbonyl (C=O) groups is 1. The summed E-state index contributed by atoms with van der Waals surface area (Å²) in [5, 5.41) is 3.56. The molecule has 0 saturated carbocycles. The number of rotatable bonds is 6. The van der Waals surface area contributed by atoms with Gasteiger partial charge >= 0.3 is 6.18 Å². The standard InChI is InChI=1S/C19H17ClF3NO3/c1-12-8-18(16(20)9-15(12)19(21,22)23)27-11-13-6-4-3-5-7-14(13)17(10-25)24-26-2/h3-10,14H,11H2,1-2H3/b24-17-. The zero-order valence-corrected chi connectivity index (χ0v) is 15.3. The number of nitrogens with zero attached hydrogens (tertiary/aromatic N) is 1. The van der Waals surface area contributed by atoms with Crippen molar-refractivity contribution in [3.8, 4) is 5.75 Å². The van der Waals surface area contributed by atoms with Crippen LogP contribution in [0.3, 0.4) is 0 Å². The molecule has 0 bridgehead atoms. The van der Waals surface area contributed by atoms with Crippen molar-refractivity contribution in [3.63, 3.8) is 0 Å². The van der Waals surface area contributed by atoms with Gasteiger partial charge in [0.25, 0.3) is 0 Å². The predicted octanol–water partition coefficient (Wildman–Crippen LogP) is 4.92. The Kier molecular flexibility index (Phi) is 6.85. The predicted molar refractivity (Wildman–Crippen MR) is 97.0 cm³/mol. The Bertz CT molecular complexity index is 826. The van der Waals surface area contributed by atoms with Crippen molar-refractivity contribution in [1.29, 1.82) is 0 Å². The van der Waals surface area contributed by atoms with E-state index in [0.29, 0.717) is 11.9 Å². The highest BCUT2D eigenvalue weighted by atomic mass is 35.5. The summed E-state index contributed by atoms with van der Waals surface area (Å²) in [5.74, 6) is -0.373. The van der Waals surface area contributed by atoms with Crippen molar-refractivity contribution in [2.75, 3.05) is 13.7 Å². The second kappa shape index (κ2) is 8.90. The van der Waals surface area contributed by atoms with Crippen molar-refractivity contribution in [2.45, 2.75) is 13.1 Å². The van der Waals surface area contributed by atoms with Crippen LogP contribution in [0.1, 0.15) is 11.1 Å². The lowest BCUT2D eigenvalue weighted by molar-refractivity contribution is -0.138. The maximum atomic E-state index is 13.0. The first-order valence-electron chi connectivity index (χ1n) is 7.88. The third-order valence-corrected chi connectivity index (χ3v) is 4.15. The van der Waals surface area contributed by atoms with Crippen LogP contribution in [0, 0.1) is 12.8 Å². The molecule has 1 atom stereocenters. The largest absolute Gasteiger partial charge is 0.488 e. The number of carbonyl (C=O) groups excluding carboxylic acids is 1. The van der Waals surface area contributed by atoms with Crippen LogP contribution in [0.4, 0.5) is 13.2 Å². The topological polar surface area (TPSA) is 47.9 Å². The van der Waals surface area contributed by atoms with Gasteiger partial charge in [-0.05, 0) is 30.2 Å². The molecule has 27 heavy (non-hydrogen) atoms. The minimum absolute atomic E-state index is 0.000442. The zero-order chi connectivity index (χ0) is 20.0. The van der Waals surface area contributed by atoms with Gasteiger partial charge in [0.05, 0.1) is 16.5 Å². The highest BCUT2D eigenvalue weighted by Crippen LogP contribution is 2.37. The molecule has 0 spiro atoms. The van der Waals surface area contributed by atoms with E-state index in [0.717, 1.165) is 6.07 Å². The Morgan fingerprint density at radius 3 is 2.67 bits per heavy atom. The summed E-state index contributed by atoms with van der Waals surface area (Å²) in [6.07, 6.45) is 4.83. The molecule has 0 amide bonds. The Labute approximate surface area is 159 Å². The summed E-state index contributed by atoms with van der Waals surface area (Å²) in [7, 11) is 1.33. The second-order valence-electron chi connectivity index (χ2n) is 5.69. The van der Waals surface area contributed by atoms with Gasteiger partial charge in [-0.15, -0.1) is 0 Å². The minimum atomic E-state index is -4.49. The number of aryl methyl sites for hydroxylation is 1. The smallest absolute Gasteiger partial charge is 0.416 e. The number of aldehydes is 1. The normalized spacial score (nSPS) is 17.3. The number of alkyl halides is 3. The molecule has 0 aromatic heterocycles. The number of benzene rings is 1. The van der Waals surface area contributed by atoms with Crippen LogP contribution in [-0.2, 0) is 15.8 Å². The van der Waals surface area contributed by atoms with E-state index in [2.05, 4.69) is 9.99 Å². The van der Waals surface area contributed by atoms with E-state index in [9.17, 15) is 18.0 Å². The third-order valence-electron chi connectivity index (χ3n) is 3.85. The number of hydrogen-bond acceptors (Lipinski definition) is 4. The molecule has 1 aromatic rings. The van der Waals surface area contributed by atoms with Gasteiger partial charge in [0.15, 0.2) is 6.29 Å². The minimum Gasteiger partial charge on any atom is -0.488 e. The highest BCUT2D eigenvalue weighted by Gasteiger charge is 2.33. The molecule has 8 heteroatoms. The van der Waals surface area contributed by atoms with Crippen LogP contribution in [0.15, 0.2) is 53.2 Å². The van der Waals surface area contributed by atoms with E-state index >= 15 is 0 Å². The number of hydrogen-bond donors (Lipinski definition) is 0. The van der Waals surface area contributed by atoms with Gasteiger partial charge in [0.2, 0.25) is 0 Å². The summed E-state index contributed by atoms with van der Waals surface area (Å²) in [4.78, 5) is 16.0. The van der Waals surface area contributed by atoms with Gasteiger partial charge in [0, 0.05) is 0 Å². The molecular weight excluding hydrogens is 383 g/mol. The van der Waals surface area contributed by atoms with Crippen molar-refractivity contribution < 1.29 is 27.5 Å². The summed E-state index contributed by atoms with van der Waals surface area (Å²) in [6.45, 7) is 1.33. The molecule has 1 unspecified atom stereocenters. The zero-order valence-electron chi connectivity index (χ0n) is 14.6. The first-order valence-corrected chi connectivity index (χ1v) is 8.26. The van der Waals surface area contributed by atoms with E-state index in [1.165, 1.54) is 20.1 Å². The molecule has 0 fully saturated rings. The van der Waals surface area contributed by atoms with Gasteiger partial charge in [-0.1, -0.05) is 47.1 Å². The highest BCUT2D eigenvalue weighted by molar-refractivity contribution is 6.32. The van der Waals surface area contributed by atoms with Gasteiger partial charge in [0.1, 0.15) is 25.2 Å². The fourth-order valence-electron chi connectivity index (χ4n) is 2.56. The van der Waals surface area contributed by atoms with Crippen LogP contribution >= 0.6 is 11.6 Å². The molecule has 1 aromatic carbocycles. The fraction of sp³-hybridized carbons (Fsp3) is 0.263. The van der Waals surface area contributed by atoms with E-state index in [1.807, 2.05) is 0 Å². The Morgan fingerprint density at radius 2 is 2.04 bits per heavy atom. The van der Waals surface area contributed by atoms with E-state index in [4.69, 9.17) is 16.3 Å². The average Bonchev–Trinajstić information content (AvgIpc) is 2.84. The van der Waals surface area contributed by atoms with E-state index in [-0.39, 0.29) is 28.7 Å². The van der Waals surface area contributed by atoms with Crippen LogP contribution in [0.2, 0.25) is 5.02 Å². The number of oxime groups is 1. The first-order chi connectivity index (χ1) is 12.8. The lowest BCUT2D eigenvalue weighted by atomic mass is 9.94. The van der Waals surface area contributed by atoms with Gasteiger partial charge in [-0.2, -0.15) is 13.2 Å². The third kappa shape index (κ3) is 5.23. The maximum Gasteiger partial charge on any atom is 0.416 e. The molecular formula is C19H17ClF3NO3. The molecule has 0 heterocycles. The Balaban J connectivity index is 2.26. The summed E-state index contributed by atoms with van der Waals surface area (Å²) in [6, 6.07) is 2.08. The average molecular weight is 400 g/mol. The molecule has 0 aliphatic heterocycles.